The molecule has 0 aliphatic carbocycles. The third-order valence-corrected chi connectivity index (χ3v) is 2.10. The molecule has 3 heteroatoms. The maximum atomic E-state index is 7.30. The van der Waals surface area contributed by atoms with Crippen LogP contribution in [0.3, 0.4) is 0 Å². The molecular formula is C9H10N3. The minimum absolute atomic E-state index is 0.231. The first-order valence-corrected chi connectivity index (χ1v) is 3.85. The van der Waals surface area contributed by atoms with E-state index in [9.17, 15) is 0 Å². The molecule has 1 heterocycles. The van der Waals surface area contributed by atoms with Gasteiger partial charge in [0.15, 0.2) is 0 Å². The topological polar surface area (TPSA) is 52.5 Å². The van der Waals surface area contributed by atoms with Crippen molar-refractivity contribution in [3.05, 3.63) is 23.3 Å². The van der Waals surface area contributed by atoms with Gasteiger partial charge in [-0.15, -0.1) is 0 Å². The third-order valence-electron chi connectivity index (χ3n) is 2.10. The van der Waals surface area contributed by atoms with Gasteiger partial charge in [0.25, 0.3) is 0 Å². The van der Waals surface area contributed by atoms with E-state index >= 15 is 0 Å². The lowest BCUT2D eigenvalue weighted by Crippen LogP contribution is -1.79. The summed E-state index contributed by atoms with van der Waals surface area (Å²) in [6.07, 6.45) is 0. The lowest BCUT2D eigenvalue weighted by molar-refractivity contribution is 1.24. The van der Waals surface area contributed by atoms with Crippen LogP contribution in [0.4, 0.5) is 5.95 Å². The molecule has 0 spiro atoms. The molecule has 2 rings (SSSR count). The number of benzene rings is 1. The number of nitrogens with one attached hydrogen (secondary N) is 2. The smallest absolute Gasteiger partial charge is 0.220 e. The fraction of sp³-hybridized carbons (Fsp3) is 0.222. The van der Waals surface area contributed by atoms with Crippen LogP contribution in [-0.4, -0.2) is 9.97 Å². The molecule has 1 radical (unpaired) electrons. The number of hydrogen-bond acceptors (Lipinski definition) is 1. The van der Waals surface area contributed by atoms with Crippen molar-refractivity contribution in [2.45, 2.75) is 13.8 Å². The Morgan fingerprint density at radius 1 is 1.25 bits per heavy atom. The number of imidazole rings is 1. The number of aryl methyl sites for hydroxylation is 2. The van der Waals surface area contributed by atoms with Gasteiger partial charge in [-0.3, -0.25) is 5.73 Å². The van der Waals surface area contributed by atoms with E-state index < -0.39 is 0 Å². The second kappa shape index (κ2) is 2.24. The number of fused-ring (bicyclic) bond motifs is 1. The predicted molar refractivity (Wildman–Crippen MR) is 48.3 cm³/mol. The first-order valence-electron chi connectivity index (χ1n) is 3.85. The zero-order valence-corrected chi connectivity index (χ0v) is 7.10. The van der Waals surface area contributed by atoms with E-state index in [0.29, 0.717) is 0 Å². The highest BCUT2D eigenvalue weighted by atomic mass is 15.0. The van der Waals surface area contributed by atoms with E-state index in [2.05, 4.69) is 16.9 Å². The standard InChI is InChI=1S/C9H10N3/c1-5-3-7-8(4-6(5)2)12-9(10)11-7/h3-4,10H,1-2H3,(H,11,12). The molecule has 12 heavy (non-hydrogen) atoms. The lowest BCUT2D eigenvalue weighted by Gasteiger charge is -1.97. The molecule has 0 unspecified atom stereocenters. The van der Waals surface area contributed by atoms with Crippen molar-refractivity contribution >= 4 is 17.0 Å². The molecule has 0 aliphatic heterocycles. The van der Waals surface area contributed by atoms with Gasteiger partial charge in [-0.1, -0.05) is 0 Å². The number of rotatable bonds is 0. The van der Waals surface area contributed by atoms with E-state index in [-0.39, 0.29) is 5.95 Å². The van der Waals surface area contributed by atoms with E-state index in [0.717, 1.165) is 11.0 Å². The molecule has 2 N–H and O–H groups in total. The SMILES string of the molecule is Cc1cc2nc([NH])[nH]c2cc1C. The second-order valence-electron chi connectivity index (χ2n) is 3.04. The number of nitrogens with zero attached hydrogens (tertiary/aromatic N) is 1. The maximum Gasteiger partial charge on any atom is 0.220 e. The van der Waals surface area contributed by atoms with Crippen LogP contribution in [0.5, 0.6) is 0 Å². The molecule has 0 saturated carbocycles. The summed E-state index contributed by atoms with van der Waals surface area (Å²) in [5, 5.41) is 0. The third kappa shape index (κ3) is 0.942. The second-order valence-corrected chi connectivity index (χ2v) is 3.04. The number of H-pyrrole nitrogens is 1. The number of hydrogen-bond donors (Lipinski definition) is 1. The van der Waals surface area contributed by atoms with Gasteiger partial charge >= 0.3 is 0 Å². The largest absolute Gasteiger partial charge is 0.323 e. The summed E-state index contributed by atoms with van der Waals surface area (Å²) in [5.41, 5.74) is 11.6. The van der Waals surface area contributed by atoms with Gasteiger partial charge in [0.1, 0.15) is 0 Å². The van der Waals surface area contributed by atoms with E-state index in [1.807, 2.05) is 19.1 Å². The Labute approximate surface area is 70.6 Å². The highest BCUT2D eigenvalue weighted by Gasteiger charge is 2.01. The zero-order valence-electron chi connectivity index (χ0n) is 7.10. The fourth-order valence-electron chi connectivity index (χ4n) is 1.27. The van der Waals surface area contributed by atoms with Crippen molar-refractivity contribution in [1.29, 1.82) is 0 Å². The fourth-order valence-corrected chi connectivity index (χ4v) is 1.27. The predicted octanol–water partition coefficient (Wildman–Crippen LogP) is 2.09. The van der Waals surface area contributed by atoms with Crippen molar-refractivity contribution in [3.8, 4) is 0 Å². The summed E-state index contributed by atoms with van der Waals surface area (Å²) in [5.74, 6) is 0.231. The Morgan fingerprint density at radius 2 is 1.92 bits per heavy atom. The Hall–Kier alpha value is -1.51. The van der Waals surface area contributed by atoms with Crippen LogP contribution in [-0.2, 0) is 0 Å². The maximum absolute atomic E-state index is 7.30. The van der Waals surface area contributed by atoms with Gasteiger partial charge in [-0.25, -0.2) is 4.98 Å². The first kappa shape index (κ1) is 7.16. The first-order chi connectivity index (χ1) is 5.66. The van der Waals surface area contributed by atoms with Crippen LogP contribution in [0.2, 0.25) is 0 Å². The summed E-state index contributed by atoms with van der Waals surface area (Å²) in [7, 11) is 0. The van der Waals surface area contributed by atoms with Gasteiger partial charge in [0.05, 0.1) is 11.0 Å². The molecule has 1 aromatic heterocycles. The van der Waals surface area contributed by atoms with Crippen LogP contribution in [0.15, 0.2) is 12.1 Å². The van der Waals surface area contributed by atoms with Crippen molar-refractivity contribution in [3.63, 3.8) is 0 Å². The van der Waals surface area contributed by atoms with Gasteiger partial charge in [-0.2, -0.15) is 0 Å². The molecule has 0 fully saturated rings. The molecule has 3 nitrogen and oxygen atoms in total. The van der Waals surface area contributed by atoms with Crippen LogP contribution < -0.4 is 5.73 Å². The zero-order chi connectivity index (χ0) is 8.72. The quantitative estimate of drug-likeness (QED) is 0.630. The van der Waals surface area contributed by atoms with Crippen LogP contribution in [0, 0.1) is 13.8 Å². The summed E-state index contributed by atoms with van der Waals surface area (Å²) in [4.78, 5) is 6.91. The molecule has 0 amide bonds. The monoisotopic (exact) mass is 160 g/mol. The number of aromatic amines is 1. The Kier molecular flexibility index (Phi) is 1.33. The molecule has 0 aliphatic rings. The van der Waals surface area contributed by atoms with Crippen molar-refractivity contribution in [2.75, 3.05) is 0 Å². The Bertz CT molecular complexity index is 390. The van der Waals surface area contributed by atoms with Crippen molar-refractivity contribution < 1.29 is 0 Å². The minimum Gasteiger partial charge on any atom is -0.323 e. The molecule has 1 aromatic carbocycles. The Balaban J connectivity index is 2.83. The summed E-state index contributed by atoms with van der Waals surface area (Å²) in [6, 6.07) is 4.02. The van der Waals surface area contributed by atoms with Gasteiger partial charge < -0.3 is 4.98 Å². The summed E-state index contributed by atoms with van der Waals surface area (Å²) >= 11 is 0. The van der Waals surface area contributed by atoms with Gasteiger partial charge in [0, 0.05) is 0 Å². The van der Waals surface area contributed by atoms with Crippen molar-refractivity contribution in [2.24, 2.45) is 0 Å². The van der Waals surface area contributed by atoms with Gasteiger partial charge in [0.2, 0.25) is 5.95 Å². The lowest BCUT2D eigenvalue weighted by atomic mass is 10.1. The Morgan fingerprint density at radius 3 is 2.67 bits per heavy atom. The minimum atomic E-state index is 0.231. The average molecular weight is 160 g/mol. The summed E-state index contributed by atoms with van der Waals surface area (Å²) in [6.45, 7) is 4.10. The summed E-state index contributed by atoms with van der Waals surface area (Å²) < 4.78 is 0. The van der Waals surface area contributed by atoms with Crippen LogP contribution in [0.1, 0.15) is 11.1 Å². The van der Waals surface area contributed by atoms with Gasteiger partial charge in [-0.05, 0) is 37.1 Å². The van der Waals surface area contributed by atoms with Crippen molar-refractivity contribution in [1.82, 2.24) is 15.7 Å². The molecule has 2 aromatic rings. The van der Waals surface area contributed by atoms with Crippen LogP contribution in [0.25, 0.3) is 11.0 Å². The van der Waals surface area contributed by atoms with E-state index in [1.165, 1.54) is 11.1 Å². The molecule has 0 saturated heterocycles. The molecular weight excluding hydrogens is 150 g/mol. The number of aromatic nitrogens is 2. The highest BCUT2D eigenvalue weighted by Crippen LogP contribution is 2.17. The molecule has 61 valence electrons. The van der Waals surface area contributed by atoms with E-state index in [4.69, 9.17) is 5.73 Å². The van der Waals surface area contributed by atoms with Crippen LogP contribution >= 0.6 is 0 Å². The highest BCUT2D eigenvalue weighted by molar-refractivity contribution is 5.78. The average Bonchev–Trinajstić information content (AvgIpc) is 2.30. The molecule has 0 atom stereocenters. The van der Waals surface area contributed by atoms with E-state index in [1.54, 1.807) is 0 Å². The normalized spacial score (nSPS) is 10.8. The molecule has 0 bridgehead atoms.